The number of hydrogen-bond acceptors (Lipinski definition) is 5. The molecule has 0 bridgehead atoms. The molecule has 2 atom stereocenters. The molecule has 1 aliphatic carbocycles. The fraction of sp³-hybridized carbons (Fsp3) is 0.421. The Morgan fingerprint density at radius 3 is 2.61 bits per heavy atom. The number of carbonyl (C=O) groups excluding carboxylic acids is 2. The van der Waals surface area contributed by atoms with Crippen LogP contribution < -0.4 is 15.4 Å². The summed E-state index contributed by atoms with van der Waals surface area (Å²) in [5.74, 6) is 0.768. The van der Waals surface area contributed by atoms with Crippen LogP contribution in [0.4, 0.5) is 0 Å². The first-order chi connectivity index (χ1) is 22.6. The number of nitrogens with one attached hydrogen (secondary N) is 2. The molecule has 1 saturated carbocycles. The molecule has 46 heavy (non-hydrogen) atoms. The van der Waals surface area contributed by atoms with Crippen molar-refractivity contribution in [2.75, 3.05) is 40.0 Å². The smallest absolute Gasteiger partial charge is 0.257 e. The molecule has 1 aromatic heterocycles. The monoisotopic (exact) mass is 622 g/mol. The third kappa shape index (κ3) is 7.45. The summed E-state index contributed by atoms with van der Waals surface area (Å²) in [6.07, 6.45) is 6.24. The molecule has 2 aliphatic rings. The number of piperidine rings is 1. The minimum absolute atomic E-state index is 0.0119. The van der Waals surface area contributed by atoms with Crippen molar-refractivity contribution in [2.45, 2.75) is 57.7 Å². The highest BCUT2D eigenvalue weighted by molar-refractivity contribution is 5.86. The Kier molecular flexibility index (Phi) is 10.4. The number of amides is 2. The van der Waals surface area contributed by atoms with Gasteiger partial charge in [-0.2, -0.15) is 0 Å². The number of likely N-dealkylation sites (N-methyl/N-ethyl adjacent to an activating group) is 1. The zero-order valence-corrected chi connectivity index (χ0v) is 27.0. The third-order valence-corrected chi connectivity index (χ3v) is 9.26. The van der Waals surface area contributed by atoms with Gasteiger partial charge >= 0.3 is 0 Å². The number of carbonyl (C=O) groups is 2. The Labute approximate surface area is 272 Å². The van der Waals surface area contributed by atoms with Gasteiger partial charge in [-0.1, -0.05) is 54.6 Å². The van der Waals surface area contributed by atoms with Gasteiger partial charge in [0.25, 0.3) is 5.91 Å². The molecule has 3 aromatic carbocycles. The third-order valence-electron chi connectivity index (χ3n) is 9.26. The highest BCUT2D eigenvalue weighted by Gasteiger charge is 2.40. The van der Waals surface area contributed by atoms with Crippen LogP contribution in [0.25, 0.3) is 22.0 Å². The second-order valence-electron chi connectivity index (χ2n) is 12.5. The van der Waals surface area contributed by atoms with Gasteiger partial charge in [0.1, 0.15) is 5.75 Å². The largest absolute Gasteiger partial charge is 0.484 e. The van der Waals surface area contributed by atoms with E-state index in [1.165, 1.54) is 22.0 Å². The Morgan fingerprint density at radius 2 is 1.80 bits per heavy atom. The fourth-order valence-corrected chi connectivity index (χ4v) is 6.81. The van der Waals surface area contributed by atoms with Crippen molar-refractivity contribution in [1.82, 2.24) is 20.1 Å². The normalized spacial score (nSPS) is 18.0. The lowest BCUT2D eigenvalue weighted by molar-refractivity contribution is -0.138. The molecule has 0 spiro atoms. The first-order valence-electron chi connectivity index (χ1n) is 16.7. The van der Waals surface area contributed by atoms with Gasteiger partial charge in [-0.3, -0.25) is 9.59 Å². The topological polar surface area (TPSA) is 84.8 Å². The van der Waals surface area contributed by atoms with E-state index in [2.05, 4.69) is 80.9 Å². The standard InChI is InChI=1S/C38H46N4O4/c1-3-40-37(43)26-46-32-12-7-10-28(22-32)27-9-6-11-29(21-27)33-17-18-39-23-35(33)38(44)42(31-15-16-31)25-30-24-41(19-8-20-45-2)36-14-5-4-13-34(30)36/h4-7,9-14,21-22,24,31,33,35,39H,3,8,15-20,23,25-26H2,1-2H3,(H,40,43)/t33-,35+/m1/s1. The van der Waals surface area contributed by atoms with Crippen LogP contribution in [0.2, 0.25) is 0 Å². The number of rotatable bonds is 14. The second-order valence-corrected chi connectivity index (χ2v) is 12.5. The molecular formula is C38H46N4O4. The Hall–Kier alpha value is -4.14. The minimum Gasteiger partial charge on any atom is -0.484 e. The predicted octanol–water partition coefficient (Wildman–Crippen LogP) is 5.74. The summed E-state index contributed by atoms with van der Waals surface area (Å²) < 4.78 is 13.4. The number of para-hydroxylation sites is 1. The van der Waals surface area contributed by atoms with E-state index in [0.29, 0.717) is 31.4 Å². The first kappa shape index (κ1) is 31.8. The molecule has 4 aromatic rings. The van der Waals surface area contributed by atoms with E-state index in [9.17, 15) is 9.59 Å². The molecule has 2 amide bonds. The summed E-state index contributed by atoms with van der Waals surface area (Å²) in [4.78, 5) is 28.6. The molecule has 6 rings (SSSR count). The van der Waals surface area contributed by atoms with E-state index in [1.807, 2.05) is 25.1 Å². The average Bonchev–Trinajstić information content (AvgIpc) is 3.88. The van der Waals surface area contributed by atoms with Gasteiger partial charge in [-0.05, 0) is 85.5 Å². The van der Waals surface area contributed by atoms with Crippen LogP contribution in [0.15, 0.2) is 79.0 Å². The zero-order valence-electron chi connectivity index (χ0n) is 27.0. The summed E-state index contributed by atoms with van der Waals surface area (Å²) in [5, 5.41) is 7.52. The maximum Gasteiger partial charge on any atom is 0.257 e. The average molecular weight is 623 g/mol. The highest BCUT2D eigenvalue weighted by atomic mass is 16.5. The number of aromatic nitrogens is 1. The van der Waals surface area contributed by atoms with Gasteiger partial charge in [-0.15, -0.1) is 0 Å². The number of fused-ring (bicyclic) bond motifs is 1. The van der Waals surface area contributed by atoms with Crippen LogP contribution in [0.1, 0.15) is 49.7 Å². The predicted molar refractivity (Wildman–Crippen MR) is 182 cm³/mol. The lowest BCUT2D eigenvalue weighted by Gasteiger charge is -2.36. The number of aryl methyl sites for hydroxylation is 1. The van der Waals surface area contributed by atoms with Gasteiger partial charge in [0.15, 0.2) is 6.61 Å². The van der Waals surface area contributed by atoms with Crippen molar-refractivity contribution in [1.29, 1.82) is 0 Å². The van der Waals surface area contributed by atoms with Crippen LogP contribution in [-0.4, -0.2) is 67.3 Å². The maximum atomic E-state index is 14.5. The number of hydrogen-bond donors (Lipinski definition) is 2. The van der Waals surface area contributed by atoms with Gasteiger partial charge < -0.3 is 29.6 Å². The lowest BCUT2D eigenvalue weighted by atomic mass is 9.79. The van der Waals surface area contributed by atoms with Crippen LogP contribution >= 0.6 is 0 Å². The Balaban J connectivity index is 1.22. The van der Waals surface area contributed by atoms with Crippen LogP contribution in [-0.2, 0) is 27.4 Å². The van der Waals surface area contributed by atoms with Crippen LogP contribution in [0.5, 0.6) is 5.75 Å². The molecular weight excluding hydrogens is 576 g/mol. The molecule has 0 radical (unpaired) electrons. The summed E-state index contributed by atoms with van der Waals surface area (Å²) in [7, 11) is 1.74. The molecule has 0 unspecified atom stereocenters. The molecule has 2 N–H and O–H groups in total. The van der Waals surface area contributed by atoms with Gasteiger partial charge in [-0.25, -0.2) is 0 Å². The van der Waals surface area contributed by atoms with Crippen molar-refractivity contribution >= 4 is 22.7 Å². The summed E-state index contributed by atoms with van der Waals surface area (Å²) in [6.45, 7) is 6.27. The van der Waals surface area contributed by atoms with E-state index in [4.69, 9.17) is 9.47 Å². The molecule has 2 heterocycles. The van der Waals surface area contributed by atoms with Gasteiger partial charge in [0.2, 0.25) is 5.91 Å². The van der Waals surface area contributed by atoms with Crippen molar-refractivity contribution in [3.63, 3.8) is 0 Å². The van der Waals surface area contributed by atoms with Gasteiger partial charge in [0.05, 0.1) is 5.92 Å². The number of nitrogens with zero attached hydrogens (tertiary/aromatic N) is 2. The fourth-order valence-electron chi connectivity index (χ4n) is 6.81. The molecule has 8 heteroatoms. The summed E-state index contributed by atoms with van der Waals surface area (Å²) >= 11 is 0. The molecule has 242 valence electrons. The van der Waals surface area contributed by atoms with Crippen molar-refractivity contribution in [2.24, 2.45) is 5.92 Å². The SMILES string of the molecule is CCNC(=O)COc1cccc(-c2cccc([C@H]3CCNC[C@@H]3C(=O)N(Cc3cn(CCCOC)c4ccccc34)C3CC3)c2)c1. The van der Waals surface area contributed by atoms with E-state index < -0.39 is 0 Å². The molecule has 2 fully saturated rings. The Bertz CT molecular complexity index is 1640. The molecule has 1 aliphatic heterocycles. The lowest BCUT2D eigenvalue weighted by Crippen LogP contribution is -2.47. The van der Waals surface area contributed by atoms with Gasteiger partial charge in [0, 0.05) is 63.0 Å². The summed E-state index contributed by atoms with van der Waals surface area (Å²) in [5.41, 5.74) is 5.71. The molecule has 1 saturated heterocycles. The zero-order chi connectivity index (χ0) is 31.9. The van der Waals surface area contributed by atoms with Crippen LogP contribution in [0, 0.1) is 5.92 Å². The second kappa shape index (κ2) is 15.0. The summed E-state index contributed by atoms with van der Waals surface area (Å²) in [6, 6.07) is 25.3. The van der Waals surface area contributed by atoms with E-state index in [1.54, 1.807) is 7.11 Å². The number of ether oxygens (including phenoxy) is 2. The Morgan fingerprint density at radius 1 is 1.00 bits per heavy atom. The van der Waals surface area contributed by atoms with Crippen molar-refractivity contribution < 1.29 is 19.1 Å². The van der Waals surface area contributed by atoms with E-state index in [-0.39, 0.29) is 30.3 Å². The minimum atomic E-state index is -0.135. The maximum absolute atomic E-state index is 14.5. The van der Waals surface area contributed by atoms with Crippen LogP contribution in [0.3, 0.4) is 0 Å². The number of benzene rings is 3. The van der Waals surface area contributed by atoms with E-state index >= 15 is 0 Å². The highest BCUT2D eigenvalue weighted by Crippen LogP contribution is 2.38. The van der Waals surface area contributed by atoms with Crippen molar-refractivity contribution in [3.05, 3.63) is 90.1 Å². The van der Waals surface area contributed by atoms with E-state index in [0.717, 1.165) is 56.5 Å². The number of methoxy groups -OCH3 is 1. The quantitative estimate of drug-likeness (QED) is 0.175. The first-order valence-corrected chi connectivity index (χ1v) is 16.7. The van der Waals surface area contributed by atoms with Crippen molar-refractivity contribution in [3.8, 4) is 16.9 Å². The molecule has 8 nitrogen and oxygen atoms in total.